The van der Waals surface area contributed by atoms with Crippen LogP contribution in [0.15, 0.2) is 0 Å². The maximum atomic E-state index is 5.22. The SMILES string of the molecule is CCNCC(C(C)C)N(CCOC)C1CC1. The summed E-state index contributed by atoms with van der Waals surface area (Å²) >= 11 is 0. The van der Waals surface area contributed by atoms with Crippen molar-refractivity contribution in [2.45, 2.75) is 45.7 Å². The Bertz CT molecular complexity index is 169. The van der Waals surface area contributed by atoms with Gasteiger partial charge in [0, 0.05) is 32.3 Å². The van der Waals surface area contributed by atoms with Crippen LogP contribution < -0.4 is 5.32 Å². The van der Waals surface area contributed by atoms with Crippen molar-refractivity contribution in [1.29, 1.82) is 0 Å². The van der Waals surface area contributed by atoms with E-state index in [2.05, 4.69) is 31.0 Å². The van der Waals surface area contributed by atoms with Crippen LogP contribution in [0, 0.1) is 5.92 Å². The van der Waals surface area contributed by atoms with Gasteiger partial charge in [-0.15, -0.1) is 0 Å². The largest absolute Gasteiger partial charge is 0.383 e. The molecule has 1 fully saturated rings. The molecular weight excluding hydrogens is 200 g/mol. The third-order valence-electron chi connectivity index (χ3n) is 3.37. The summed E-state index contributed by atoms with van der Waals surface area (Å²) < 4.78 is 5.22. The van der Waals surface area contributed by atoms with Gasteiger partial charge >= 0.3 is 0 Å². The van der Waals surface area contributed by atoms with E-state index >= 15 is 0 Å². The highest BCUT2D eigenvalue weighted by Crippen LogP contribution is 2.30. The van der Waals surface area contributed by atoms with Gasteiger partial charge in [-0.3, -0.25) is 4.90 Å². The first kappa shape index (κ1) is 13.9. The van der Waals surface area contributed by atoms with Crippen LogP contribution in [0.5, 0.6) is 0 Å². The van der Waals surface area contributed by atoms with Crippen LogP contribution in [0.4, 0.5) is 0 Å². The molecule has 1 atom stereocenters. The van der Waals surface area contributed by atoms with Crippen LogP contribution in [0.1, 0.15) is 33.6 Å². The van der Waals surface area contributed by atoms with E-state index in [9.17, 15) is 0 Å². The van der Waals surface area contributed by atoms with Gasteiger partial charge in [-0.1, -0.05) is 20.8 Å². The van der Waals surface area contributed by atoms with E-state index in [1.807, 2.05) is 0 Å². The molecule has 3 nitrogen and oxygen atoms in total. The number of nitrogens with zero attached hydrogens (tertiary/aromatic N) is 1. The molecule has 16 heavy (non-hydrogen) atoms. The zero-order valence-electron chi connectivity index (χ0n) is 11.3. The Kier molecular flexibility index (Phi) is 6.32. The molecule has 1 unspecified atom stereocenters. The average molecular weight is 228 g/mol. The molecule has 0 aromatic heterocycles. The molecule has 0 aromatic rings. The standard InChI is InChI=1S/C13H28N2O/c1-5-14-10-13(11(2)3)15(8-9-16-4)12-6-7-12/h11-14H,5-10H2,1-4H3. The van der Waals surface area contributed by atoms with Crippen LogP contribution in [0.2, 0.25) is 0 Å². The topological polar surface area (TPSA) is 24.5 Å². The summed E-state index contributed by atoms with van der Waals surface area (Å²) in [4.78, 5) is 2.65. The summed E-state index contributed by atoms with van der Waals surface area (Å²) in [6.45, 7) is 10.9. The van der Waals surface area contributed by atoms with E-state index in [0.717, 1.165) is 32.3 Å². The molecule has 0 aromatic carbocycles. The highest BCUT2D eigenvalue weighted by atomic mass is 16.5. The van der Waals surface area contributed by atoms with Crippen LogP contribution in [0.3, 0.4) is 0 Å². The maximum absolute atomic E-state index is 5.22. The predicted octanol–water partition coefficient (Wildman–Crippen LogP) is 1.73. The third-order valence-corrected chi connectivity index (χ3v) is 3.37. The lowest BCUT2D eigenvalue weighted by Crippen LogP contribution is -2.48. The Morgan fingerprint density at radius 1 is 1.38 bits per heavy atom. The molecule has 1 aliphatic rings. The first-order valence-electron chi connectivity index (χ1n) is 6.66. The molecule has 0 heterocycles. The second-order valence-electron chi connectivity index (χ2n) is 5.08. The fourth-order valence-electron chi connectivity index (χ4n) is 2.25. The molecule has 0 aliphatic heterocycles. The van der Waals surface area contributed by atoms with Crippen LogP contribution in [0.25, 0.3) is 0 Å². The second-order valence-corrected chi connectivity index (χ2v) is 5.08. The number of rotatable bonds is 9. The Balaban J connectivity index is 2.48. The fraction of sp³-hybridized carbons (Fsp3) is 1.00. The van der Waals surface area contributed by atoms with Crippen molar-refractivity contribution in [2.24, 2.45) is 5.92 Å². The van der Waals surface area contributed by atoms with E-state index in [-0.39, 0.29) is 0 Å². The van der Waals surface area contributed by atoms with Gasteiger partial charge in [0.2, 0.25) is 0 Å². The first-order chi connectivity index (χ1) is 7.70. The molecule has 96 valence electrons. The van der Waals surface area contributed by atoms with Gasteiger partial charge in [0.15, 0.2) is 0 Å². The summed E-state index contributed by atoms with van der Waals surface area (Å²) in [6.07, 6.45) is 2.75. The predicted molar refractivity (Wildman–Crippen MR) is 68.8 cm³/mol. The van der Waals surface area contributed by atoms with Gasteiger partial charge < -0.3 is 10.1 Å². The highest BCUT2D eigenvalue weighted by Gasteiger charge is 2.34. The number of ether oxygens (including phenoxy) is 1. The number of nitrogens with one attached hydrogen (secondary N) is 1. The molecule has 1 N–H and O–H groups in total. The van der Waals surface area contributed by atoms with Crippen LogP contribution in [-0.2, 0) is 4.74 Å². The van der Waals surface area contributed by atoms with Gasteiger partial charge in [-0.2, -0.15) is 0 Å². The van der Waals surface area contributed by atoms with Crippen molar-refractivity contribution in [1.82, 2.24) is 10.2 Å². The molecule has 0 radical (unpaired) electrons. The van der Waals surface area contributed by atoms with Gasteiger partial charge in [-0.25, -0.2) is 0 Å². The summed E-state index contributed by atoms with van der Waals surface area (Å²) in [5.74, 6) is 0.705. The Hall–Kier alpha value is -0.120. The monoisotopic (exact) mass is 228 g/mol. The Morgan fingerprint density at radius 2 is 2.06 bits per heavy atom. The van der Waals surface area contributed by atoms with E-state index in [1.54, 1.807) is 7.11 Å². The van der Waals surface area contributed by atoms with Crippen molar-refractivity contribution < 1.29 is 4.74 Å². The molecule has 1 saturated carbocycles. The molecule has 0 amide bonds. The minimum atomic E-state index is 0.655. The quantitative estimate of drug-likeness (QED) is 0.650. The smallest absolute Gasteiger partial charge is 0.0589 e. The fourth-order valence-corrected chi connectivity index (χ4v) is 2.25. The van der Waals surface area contributed by atoms with Crippen molar-refractivity contribution in [2.75, 3.05) is 33.4 Å². The number of hydrogen-bond donors (Lipinski definition) is 1. The van der Waals surface area contributed by atoms with E-state index in [1.165, 1.54) is 12.8 Å². The van der Waals surface area contributed by atoms with Crippen molar-refractivity contribution >= 4 is 0 Å². The zero-order valence-corrected chi connectivity index (χ0v) is 11.3. The van der Waals surface area contributed by atoms with Gasteiger partial charge in [0.05, 0.1) is 6.61 Å². The lowest BCUT2D eigenvalue weighted by molar-refractivity contribution is 0.0931. The lowest BCUT2D eigenvalue weighted by Gasteiger charge is -2.34. The molecular formula is C13H28N2O. The summed E-state index contributed by atoms with van der Waals surface area (Å²) in [5, 5.41) is 3.49. The normalized spacial score (nSPS) is 18.4. The minimum absolute atomic E-state index is 0.655. The summed E-state index contributed by atoms with van der Waals surface area (Å²) in [5.41, 5.74) is 0. The molecule has 0 bridgehead atoms. The van der Waals surface area contributed by atoms with Crippen molar-refractivity contribution in [3.8, 4) is 0 Å². The van der Waals surface area contributed by atoms with Crippen LogP contribution >= 0.6 is 0 Å². The molecule has 0 spiro atoms. The molecule has 1 rings (SSSR count). The zero-order chi connectivity index (χ0) is 12.0. The highest BCUT2D eigenvalue weighted by molar-refractivity contribution is 4.90. The van der Waals surface area contributed by atoms with E-state index in [4.69, 9.17) is 4.74 Å². The third kappa shape index (κ3) is 4.40. The van der Waals surface area contributed by atoms with Crippen molar-refractivity contribution in [3.63, 3.8) is 0 Å². The van der Waals surface area contributed by atoms with Crippen molar-refractivity contribution in [3.05, 3.63) is 0 Å². The van der Waals surface area contributed by atoms with Gasteiger partial charge in [-0.05, 0) is 25.3 Å². The number of methoxy groups -OCH3 is 1. The first-order valence-corrected chi connectivity index (χ1v) is 6.66. The lowest BCUT2D eigenvalue weighted by atomic mass is 10.0. The molecule has 1 aliphatic carbocycles. The Morgan fingerprint density at radius 3 is 2.50 bits per heavy atom. The number of hydrogen-bond acceptors (Lipinski definition) is 3. The summed E-state index contributed by atoms with van der Waals surface area (Å²) in [7, 11) is 1.79. The van der Waals surface area contributed by atoms with Crippen LogP contribution in [-0.4, -0.2) is 50.3 Å². The summed E-state index contributed by atoms with van der Waals surface area (Å²) in [6, 6.07) is 1.48. The number of likely N-dealkylation sites (N-methyl/N-ethyl adjacent to an activating group) is 1. The van der Waals surface area contributed by atoms with E-state index in [0.29, 0.717) is 12.0 Å². The second kappa shape index (κ2) is 7.25. The molecule has 3 heteroatoms. The van der Waals surface area contributed by atoms with E-state index < -0.39 is 0 Å². The van der Waals surface area contributed by atoms with Gasteiger partial charge in [0.25, 0.3) is 0 Å². The molecule has 0 saturated heterocycles. The van der Waals surface area contributed by atoms with Gasteiger partial charge in [0.1, 0.15) is 0 Å². The average Bonchev–Trinajstić information content (AvgIpc) is 3.06. The maximum Gasteiger partial charge on any atom is 0.0589 e. The minimum Gasteiger partial charge on any atom is -0.383 e. The Labute approximate surface area is 101 Å².